The summed E-state index contributed by atoms with van der Waals surface area (Å²) in [4.78, 5) is 10.2. The van der Waals surface area contributed by atoms with E-state index in [2.05, 4.69) is 10.4 Å². The third-order valence-electron chi connectivity index (χ3n) is 2.90. The average Bonchev–Trinajstić information content (AvgIpc) is 2.67. The quantitative estimate of drug-likeness (QED) is 0.668. The molecule has 7 heteroatoms. The van der Waals surface area contributed by atoms with E-state index in [9.17, 15) is 10.1 Å². The standard InChI is InChI=1S/C13H16N4O3/c1-9-12(8-14-2)13(16(3)15-9)20-11-6-4-10(5-7-11)17(18)19/h4-7,14H,8H2,1-3H3. The van der Waals surface area contributed by atoms with Gasteiger partial charge in [0.25, 0.3) is 5.69 Å². The van der Waals surface area contributed by atoms with E-state index in [1.165, 1.54) is 12.1 Å². The predicted octanol–water partition coefficient (Wildman–Crippen LogP) is 2.15. The van der Waals surface area contributed by atoms with Gasteiger partial charge in [-0.2, -0.15) is 5.10 Å². The normalized spacial score (nSPS) is 10.6. The maximum atomic E-state index is 10.6. The van der Waals surface area contributed by atoms with Crippen LogP contribution in [0.3, 0.4) is 0 Å². The molecule has 0 amide bonds. The molecule has 0 bridgehead atoms. The van der Waals surface area contributed by atoms with E-state index in [1.54, 1.807) is 23.9 Å². The number of nitrogens with one attached hydrogen (secondary N) is 1. The molecule has 0 aliphatic carbocycles. The van der Waals surface area contributed by atoms with Gasteiger partial charge in [-0.15, -0.1) is 0 Å². The van der Waals surface area contributed by atoms with Gasteiger partial charge in [0.2, 0.25) is 5.88 Å². The third-order valence-corrected chi connectivity index (χ3v) is 2.90. The van der Waals surface area contributed by atoms with Gasteiger partial charge >= 0.3 is 0 Å². The number of rotatable bonds is 5. The fraction of sp³-hybridized carbons (Fsp3) is 0.308. The summed E-state index contributed by atoms with van der Waals surface area (Å²) in [5.41, 5.74) is 1.89. The van der Waals surface area contributed by atoms with Gasteiger partial charge in [0.1, 0.15) is 5.75 Å². The molecule has 0 aliphatic heterocycles. The second-order valence-corrected chi connectivity index (χ2v) is 4.38. The highest BCUT2D eigenvalue weighted by Crippen LogP contribution is 2.28. The van der Waals surface area contributed by atoms with Gasteiger partial charge in [-0.25, -0.2) is 4.68 Å². The van der Waals surface area contributed by atoms with Crippen LogP contribution in [-0.4, -0.2) is 21.8 Å². The summed E-state index contributed by atoms with van der Waals surface area (Å²) in [7, 11) is 3.65. The lowest BCUT2D eigenvalue weighted by molar-refractivity contribution is -0.384. The fourth-order valence-electron chi connectivity index (χ4n) is 1.94. The Morgan fingerprint density at radius 3 is 2.60 bits per heavy atom. The first-order chi connectivity index (χ1) is 9.52. The van der Waals surface area contributed by atoms with Crippen molar-refractivity contribution in [3.05, 3.63) is 45.6 Å². The molecular formula is C13H16N4O3. The van der Waals surface area contributed by atoms with Crippen LogP contribution in [0.2, 0.25) is 0 Å². The summed E-state index contributed by atoms with van der Waals surface area (Å²) in [5, 5.41) is 18.0. The smallest absolute Gasteiger partial charge is 0.269 e. The van der Waals surface area contributed by atoms with E-state index in [4.69, 9.17) is 4.74 Å². The van der Waals surface area contributed by atoms with Crippen LogP contribution < -0.4 is 10.1 Å². The molecule has 1 heterocycles. The van der Waals surface area contributed by atoms with Crippen LogP contribution in [0.4, 0.5) is 5.69 Å². The van der Waals surface area contributed by atoms with E-state index in [-0.39, 0.29) is 5.69 Å². The van der Waals surface area contributed by atoms with E-state index in [1.807, 2.05) is 14.0 Å². The largest absolute Gasteiger partial charge is 0.439 e. The Hall–Kier alpha value is -2.41. The molecule has 106 valence electrons. The summed E-state index contributed by atoms with van der Waals surface area (Å²) < 4.78 is 7.44. The van der Waals surface area contributed by atoms with Gasteiger partial charge in [-0.3, -0.25) is 10.1 Å². The summed E-state index contributed by atoms with van der Waals surface area (Å²) in [6.07, 6.45) is 0. The molecule has 2 rings (SSSR count). The molecule has 0 spiro atoms. The van der Waals surface area contributed by atoms with Crippen LogP contribution in [0, 0.1) is 17.0 Å². The molecule has 0 aliphatic rings. The topological polar surface area (TPSA) is 82.2 Å². The van der Waals surface area contributed by atoms with Crippen LogP contribution in [-0.2, 0) is 13.6 Å². The number of benzene rings is 1. The number of non-ortho nitro benzene ring substituents is 1. The Kier molecular flexibility index (Phi) is 3.99. The summed E-state index contributed by atoms with van der Waals surface area (Å²) in [6, 6.07) is 5.97. The number of hydrogen-bond donors (Lipinski definition) is 1. The van der Waals surface area contributed by atoms with Gasteiger partial charge in [-0.05, 0) is 26.1 Å². The number of ether oxygens (including phenoxy) is 1. The second kappa shape index (κ2) is 5.70. The molecule has 0 atom stereocenters. The van der Waals surface area contributed by atoms with Crippen molar-refractivity contribution in [1.82, 2.24) is 15.1 Å². The van der Waals surface area contributed by atoms with Crippen molar-refractivity contribution in [2.24, 2.45) is 7.05 Å². The first kappa shape index (κ1) is 14.0. The van der Waals surface area contributed by atoms with Gasteiger partial charge in [-0.1, -0.05) is 0 Å². The molecule has 20 heavy (non-hydrogen) atoms. The fourth-order valence-corrected chi connectivity index (χ4v) is 1.94. The zero-order valence-corrected chi connectivity index (χ0v) is 11.6. The number of hydrogen-bond acceptors (Lipinski definition) is 5. The zero-order valence-electron chi connectivity index (χ0n) is 11.6. The highest BCUT2D eigenvalue weighted by Gasteiger charge is 2.15. The van der Waals surface area contributed by atoms with Crippen LogP contribution in [0.1, 0.15) is 11.3 Å². The minimum absolute atomic E-state index is 0.0361. The van der Waals surface area contributed by atoms with Crippen molar-refractivity contribution in [3.63, 3.8) is 0 Å². The lowest BCUT2D eigenvalue weighted by atomic mass is 10.2. The van der Waals surface area contributed by atoms with Crippen LogP contribution in [0.5, 0.6) is 11.6 Å². The minimum Gasteiger partial charge on any atom is -0.439 e. The van der Waals surface area contributed by atoms with Gasteiger partial charge in [0.05, 0.1) is 16.2 Å². The maximum absolute atomic E-state index is 10.6. The number of nitro benzene ring substituents is 1. The number of nitrogens with zero attached hydrogens (tertiary/aromatic N) is 3. The third kappa shape index (κ3) is 2.77. The van der Waals surface area contributed by atoms with Crippen molar-refractivity contribution in [2.45, 2.75) is 13.5 Å². The summed E-state index contributed by atoms with van der Waals surface area (Å²) in [5.74, 6) is 1.17. The summed E-state index contributed by atoms with van der Waals surface area (Å²) in [6.45, 7) is 2.55. The molecule has 0 radical (unpaired) electrons. The molecule has 1 N–H and O–H groups in total. The first-order valence-electron chi connectivity index (χ1n) is 6.12. The Morgan fingerprint density at radius 2 is 2.05 bits per heavy atom. The summed E-state index contributed by atoms with van der Waals surface area (Å²) >= 11 is 0. The van der Waals surface area contributed by atoms with Crippen molar-refractivity contribution in [1.29, 1.82) is 0 Å². The monoisotopic (exact) mass is 276 g/mol. The Morgan fingerprint density at radius 1 is 1.40 bits per heavy atom. The first-order valence-corrected chi connectivity index (χ1v) is 6.12. The molecule has 1 aromatic carbocycles. The molecule has 0 fully saturated rings. The number of nitro groups is 1. The van der Waals surface area contributed by atoms with E-state index in [0.717, 1.165) is 11.3 Å². The van der Waals surface area contributed by atoms with Gasteiger partial charge in [0, 0.05) is 25.7 Å². The highest BCUT2D eigenvalue weighted by atomic mass is 16.6. The number of aromatic nitrogens is 2. The van der Waals surface area contributed by atoms with E-state index >= 15 is 0 Å². The molecule has 0 saturated heterocycles. The molecule has 1 aromatic heterocycles. The predicted molar refractivity (Wildman–Crippen MR) is 73.9 cm³/mol. The van der Waals surface area contributed by atoms with Crippen LogP contribution in [0.25, 0.3) is 0 Å². The van der Waals surface area contributed by atoms with Crippen molar-refractivity contribution in [2.75, 3.05) is 7.05 Å². The van der Waals surface area contributed by atoms with Crippen molar-refractivity contribution in [3.8, 4) is 11.6 Å². The Labute approximate surface area is 116 Å². The Balaban J connectivity index is 2.27. The lowest BCUT2D eigenvalue weighted by Crippen LogP contribution is -2.07. The van der Waals surface area contributed by atoms with Crippen LogP contribution in [0.15, 0.2) is 24.3 Å². The second-order valence-electron chi connectivity index (χ2n) is 4.38. The Bertz CT molecular complexity index is 619. The average molecular weight is 276 g/mol. The van der Waals surface area contributed by atoms with E-state index in [0.29, 0.717) is 18.2 Å². The lowest BCUT2D eigenvalue weighted by Gasteiger charge is -2.08. The number of aryl methyl sites for hydroxylation is 2. The molecule has 7 nitrogen and oxygen atoms in total. The SMILES string of the molecule is CNCc1c(C)nn(C)c1Oc1ccc([N+](=O)[O-])cc1. The van der Waals surface area contributed by atoms with Crippen molar-refractivity contribution >= 4 is 5.69 Å². The van der Waals surface area contributed by atoms with Crippen LogP contribution >= 0.6 is 0 Å². The van der Waals surface area contributed by atoms with E-state index < -0.39 is 4.92 Å². The van der Waals surface area contributed by atoms with Gasteiger partial charge < -0.3 is 10.1 Å². The molecular weight excluding hydrogens is 260 g/mol. The minimum atomic E-state index is -0.440. The zero-order chi connectivity index (χ0) is 14.7. The molecule has 2 aromatic rings. The van der Waals surface area contributed by atoms with Crippen molar-refractivity contribution < 1.29 is 9.66 Å². The van der Waals surface area contributed by atoms with Gasteiger partial charge in [0.15, 0.2) is 0 Å². The molecule has 0 unspecified atom stereocenters. The molecule has 0 saturated carbocycles. The highest BCUT2D eigenvalue weighted by molar-refractivity contribution is 5.40. The maximum Gasteiger partial charge on any atom is 0.269 e.